The molecule has 0 heterocycles. The number of nitrogens with two attached hydrogens (primary N) is 1. The Morgan fingerprint density at radius 2 is 1.84 bits per heavy atom. The summed E-state index contributed by atoms with van der Waals surface area (Å²) >= 11 is 0. The molecule has 2 rings (SSSR count). The zero-order valence-electron chi connectivity index (χ0n) is 11.3. The van der Waals surface area contributed by atoms with E-state index in [0.29, 0.717) is 6.61 Å². The number of benzene rings is 2. The predicted molar refractivity (Wildman–Crippen MR) is 80.7 cm³/mol. The minimum absolute atomic E-state index is 0.645. The van der Waals surface area contributed by atoms with E-state index in [2.05, 4.69) is 36.1 Å². The van der Waals surface area contributed by atoms with Gasteiger partial charge in [0.2, 0.25) is 0 Å². The maximum atomic E-state index is 5.72. The van der Waals surface area contributed by atoms with Crippen LogP contribution in [-0.2, 0) is 0 Å². The van der Waals surface area contributed by atoms with Gasteiger partial charge in [0.25, 0.3) is 0 Å². The van der Waals surface area contributed by atoms with E-state index < -0.39 is 0 Å². The fourth-order valence-electron chi connectivity index (χ4n) is 1.99. The Balaban J connectivity index is 1.87. The number of nitrogen functional groups attached to an aromatic ring is 1. The molecule has 3 heteroatoms. The van der Waals surface area contributed by atoms with Gasteiger partial charge in [-0.3, -0.25) is 0 Å². The van der Waals surface area contributed by atoms with Crippen LogP contribution in [0, 0.1) is 0 Å². The number of rotatable bonds is 6. The second-order valence-corrected chi connectivity index (χ2v) is 4.34. The summed E-state index contributed by atoms with van der Waals surface area (Å²) in [4.78, 5) is 2.28. The lowest BCUT2D eigenvalue weighted by Gasteiger charge is -2.23. The Labute approximate surface area is 114 Å². The summed E-state index contributed by atoms with van der Waals surface area (Å²) in [5, 5.41) is 0. The molecule has 0 aliphatic rings. The topological polar surface area (TPSA) is 38.5 Å². The van der Waals surface area contributed by atoms with Gasteiger partial charge >= 0.3 is 0 Å². The van der Waals surface area contributed by atoms with Gasteiger partial charge in [0.1, 0.15) is 12.4 Å². The molecule has 0 spiro atoms. The van der Waals surface area contributed by atoms with Crippen LogP contribution >= 0.6 is 0 Å². The van der Waals surface area contributed by atoms with Gasteiger partial charge in [-0.15, -0.1) is 0 Å². The molecule has 0 aliphatic heterocycles. The highest BCUT2D eigenvalue weighted by Gasteiger charge is 2.03. The first-order chi connectivity index (χ1) is 9.29. The molecule has 0 amide bonds. The largest absolute Gasteiger partial charge is 0.492 e. The smallest absolute Gasteiger partial charge is 0.121 e. The fourth-order valence-corrected chi connectivity index (χ4v) is 1.99. The van der Waals surface area contributed by atoms with Crippen LogP contribution in [0.25, 0.3) is 0 Å². The van der Waals surface area contributed by atoms with Crippen molar-refractivity contribution in [3.05, 3.63) is 54.6 Å². The van der Waals surface area contributed by atoms with Crippen molar-refractivity contribution in [2.24, 2.45) is 0 Å². The Kier molecular flexibility index (Phi) is 4.67. The van der Waals surface area contributed by atoms with Gasteiger partial charge in [0, 0.05) is 24.0 Å². The summed E-state index contributed by atoms with van der Waals surface area (Å²) in [6, 6.07) is 17.9. The first-order valence-electron chi connectivity index (χ1n) is 6.58. The molecule has 19 heavy (non-hydrogen) atoms. The molecule has 0 unspecified atom stereocenters. The number of hydrogen-bond acceptors (Lipinski definition) is 3. The summed E-state index contributed by atoms with van der Waals surface area (Å²) < 4.78 is 5.72. The van der Waals surface area contributed by atoms with Crippen molar-refractivity contribution < 1.29 is 4.74 Å². The van der Waals surface area contributed by atoms with Crippen molar-refractivity contribution >= 4 is 11.4 Å². The molecule has 0 aromatic heterocycles. The molecule has 2 aromatic rings. The molecule has 0 aliphatic carbocycles. The standard InChI is InChI=1S/C16H20N2O/c1-2-18(15-8-4-3-5-9-15)11-12-19-16-10-6-7-14(17)13-16/h3-10,13H,2,11-12,17H2,1H3. The van der Waals surface area contributed by atoms with Gasteiger partial charge in [-0.05, 0) is 31.2 Å². The van der Waals surface area contributed by atoms with Crippen molar-refractivity contribution in [3.8, 4) is 5.75 Å². The van der Waals surface area contributed by atoms with Crippen LogP contribution in [0.2, 0.25) is 0 Å². The molecule has 0 atom stereocenters. The van der Waals surface area contributed by atoms with Gasteiger partial charge in [0.05, 0.1) is 6.54 Å². The summed E-state index contributed by atoms with van der Waals surface area (Å²) in [7, 11) is 0. The molecule has 0 bridgehead atoms. The second kappa shape index (κ2) is 6.69. The van der Waals surface area contributed by atoms with Gasteiger partial charge in [-0.25, -0.2) is 0 Å². The van der Waals surface area contributed by atoms with Crippen molar-refractivity contribution in [1.29, 1.82) is 0 Å². The number of nitrogens with zero attached hydrogens (tertiary/aromatic N) is 1. The third kappa shape index (κ3) is 3.91. The molecule has 0 saturated heterocycles. The van der Waals surface area contributed by atoms with Crippen molar-refractivity contribution in [1.82, 2.24) is 0 Å². The Bertz CT molecular complexity index is 499. The highest BCUT2D eigenvalue weighted by atomic mass is 16.5. The molecule has 0 saturated carbocycles. The Morgan fingerprint density at radius 1 is 1.05 bits per heavy atom. The average molecular weight is 256 g/mol. The van der Waals surface area contributed by atoms with E-state index in [9.17, 15) is 0 Å². The van der Waals surface area contributed by atoms with E-state index in [0.717, 1.165) is 24.5 Å². The quantitative estimate of drug-likeness (QED) is 0.807. The highest BCUT2D eigenvalue weighted by Crippen LogP contribution is 2.15. The predicted octanol–water partition coefficient (Wildman–Crippen LogP) is 3.17. The molecule has 0 radical (unpaired) electrons. The number of likely N-dealkylation sites (N-methyl/N-ethyl adjacent to an activating group) is 1. The second-order valence-electron chi connectivity index (χ2n) is 4.34. The average Bonchev–Trinajstić information content (AvgIpc) is 2.45. The van der Waals surface area contributed by atoms with Gasteiger partial charge in [-0.2, -0.15) is 0 Å². The van der Waals surface area contributed by atoms with Crippen LogP contribution in [0.3, 0.4) is 0 Å². The molecule has 100 valence electrons. The van der Waals surface area contributed by atoms with E-state index in [-0.39, 0.29) is 0 Å². The number of para-hydroxylation sites is 1. The van der Waals surface area contributed by atoms with Crippen LogP contribution in [-0.4, -0.2) is 19.7 Å². The van der Waals surface area contributed by atoms with Crippen molar-refractivity contribution in [2.45, 2.75) is 6.92 Å². The Morgan fingerprint density at radius 3 is 2.53 bits per heavy atom. The minimum Gasteiger partial charge on any atom is -0.492 e. The number of anilines is 2. The molecular weight excluding hydrogens is 236 g/mol. The lowest BCUT2D eigenvalue weighted by Crippen LogP contribution is -2.27. The first-order valence-corrected chi connectivity index (χ1v) is 6.58. The molecular formula is C16H20N2O. The zero-order chi connectivity index (χ0) is 13.5. The SMILES string of the molecule is CCN(CCOc1cccc(N)c1)c1ccccc1. The van der Waals surface area contributed by atoms with E-state index in [1.165, 1.54) is 5.69 Å². The van der Waals surface area contributed by atoms with Crippen molar-refractivity contribution in [3.63, 3.8) is 0 Å². The summed E-state index contributed by atoms with van der Waals surface area (Å²) in [5.41, 5.74) is 7.67. The van der Waals surface area contributed by atoms with Gasteiger partial charge < -0.3 is 15.4 Å². The normalized spacial score (nSPS) is 10.2. The zero-order valence-corrected chi connectivity index (χ0v) is 11.3. The van der Waals surface area contributed by atoms with Crippen LogP contribution in [0.4, 0.5) is 11.4 Å². The molecule has 0 fully saturated rings. The maximum absolute atomic E-state index is 5.72. The van der Waals surface area contributed by atoms with Gasteiger partial charge in [0.15, 0.2) is 0 Å². The fraction of sp³-hybridized carbons (Fsp3) is 0.250. The number of hydrogen-bond donors (Lipinski definition) is 1. The first kappa shape index (κ1) is 13.3. The van der Waals surface area contributed by atoms with E-state index in [4.69, 9.17) is 10.5 Å². The minimum atomic E-state index is 0.645. The van der Waals surface area contributed by atoms with Crippen LogP contribution < -0.4 is 15.4 Å². The van der Waals surface area contributed by atoms with Crippen LogP contribution in [0.15, 0.2) is 54.6 Å². The highest BCUT2D eigenvalue weighted by molar-refractivity contribution is 5.46. The lowest BCUT2D eigenvalue weighted by atomic mass is 10.3. The molecule has 3 nitrogen and oxygen atoms in total. The van der Waals surface area contributed by atoms with Gasteiger partial charge in [-0.1, -0.05) is 24.3 Å². The van der Waals surface area contributed by atoms with E-state index in [1.807, 2.05) is 30.3 Å². The summed E-state index contributed by atoms with van der Waals surface area (Å²) in [6.45, 7) is 4.61. The lowest BCUT2D eigenvalue weighted by molar-refractivity contribution is 0.324. The van der Waals surface area contributed by atoms with E-state index >= 15 is 0 Å². The summed E-state index contributed by atoms with van der Waals surface area (Å²) in [6.07, 6.45) is 0. The van der Waals surface area contributed by atoms with Crippen molar-refractivity contribution in [2.75, 3.05) is 30.3 Å². The monoisotopic (exact) mass is 256 g/mol. The van der Waals surface area contributed by atoms with E-state index in [1.54, 1.807) is 0 Å². The van der Waals surface area contributed by atoms with Crippen LogP contribution in [0.1, 0.15) is 6.92 Å². The summed E-state index contributed by atoms with van der Waals surface area (Å²) in [5.74, 6) is 0.823. The molecule has 2 aromatic carbocycles. The maximum Gasteiger partial charge on any atom is 0.121 e. The third-order valence-corrected chi connectivity index (χ3v) is 2.99. The number of ether oxygens (including phenoxy) is 1. The molecule has 2 N–H and O–H groups in total. The third-order valence-electron chi connectivity index (χ3n) is 2.99. The van der Waals surface area contributed by atoms with Crippen LogP contribution in [0.5, 0.6) is 5.75 Å². The Hall–Kier alpha value is -2.16.